The first-order valence-corrected chi connectivity index (χ1v) is 6.91. The van der Waals surface area contributed by atoms with Gasteiger partial charge in [0.05, 0.1) is 6.04 Å². The molecule has 0 aromatic heterocycles. The Morgan fingerprint density at radius 1 is 1.05 bits per heavy atom. The zero-order valence-electron chi connectivity index (χ0n) is 10.8. The molecule has 0 saturated carbocycles. The average molecular weight is 316 g/mol. The van der Waals surface area contributed by atoms with Gasteiger partial charge in [-0.1, -0.05) is 30.1 Å². The van der Waals surface area contributed by atoms with Gasteiger partial charge >= 0.3 is 0 Å². The van der Waals surface area contributed by atoms with E-state index in [2.05, 4.69) is 5.32 Å². The van der Waals surface area contributed by atoms with Crippen molar-refractivity contribution in [3.63, 3.8) is 0 Å². The molecular formula is C15H13Cl2F2N. The molecule has 1 atom stereocenters. The molecule has 1 N–H and O–H groups in total. The maximum atomic E-state index is 14.0. The third-order valence-corrected chi connectivity index (χ3v) is 3.53. The minimum Gasteiger partial charge on any atom is -0.306 e. The van der Waals surface area contributed by atoms with Gasteiger partial charge in [-0.3, -0.25) is 0 Å². The van der Waals surface area contributed by atoms with Gasteiger partial charge in [0.1, 0.15) is 11.6 Å². The Labute approximate surface area is 126 Å². The fourth-order valence-corrected chi connectivity index (χ4v) is 2.47. The highest BCUT2D eigenvalue weighted by atomic mass is 35.5. The maximum absolute atomic E-state index is 14.0. The van der Waals surface area contributed by atoms with Crippen molar-refractivity contribution in [2.45, 2.75) is 13.0 Å². The van der Waals surface area contributed by atoms with Crippen LogP contribution in [0, 0.1) is 11.6 Å². The van der Waals surface area contributed by atoms with E-state index < -0.39 is 17.7 Å². The molecule has 20 heavy (non-hydrogen) atoms. The highest BCUT2D eigenvalue weighted by Gasteiger charge is 2.20. The molecule has 0 amide bonds. The quantitative estimate of drug-likeness (QED) is 0.840. The summed E-state index contributed by atoms with van der Waals surface area (Å²) in [5.41, 5.74) is 0.821. The fourth-order valence-electron chi connectivity index (χ4n) is 2.06. The van der Waals surface area contributed by atoms with Crippen LogP contribution in [0.15, 0.2) is 36.4 Å². The van der Waals surface area contributed by atoms with Gasteiger partial charge in [0.2, 0.25) is 0 Å². The molecule has 0 saturated heterocycles. The largest absolute Gasteiger partial charge is 0.306 e. The summed E-state index contributed by atoms with van der Waals surface area (Å²) < 4.78 is 27.5. The second-order valence-corrected chi connectivity index (χ2v) is 5.17. The monoisotopic (exact) mass is 315 g/mol. The summed E-state index contributed by atoms with van der Waals surface area (Å²) in [6.07, 6.45) is 0. The molecule has 0 radical (unpaired) electrons. The van der Waals surface area contributed by atoms with E-state index >= 15 is 0 Å². The van der Waals surface area contributed by atoms with Crippen LogP contribution in [0.5, 0.6) is 0 Å². The van der Waals surface area contributed by atoms with Crippen LogP contribution in [0.25, 0.3) is 0 Å². The van der Waals surface area contributed by atoms with E-state index in [4.69, 9.17) is 23.2 Å². The summed E-state index contributed by atoms with van der Waals surface area (Å²) >= 11 is 12.0. The minimum atomic E-state index is -0.554. The van der Waals surface area contributed by atoms with E-state index in [1.165, 1.54) is 36.4 Å². The molecule has 0 fully saturated rings. The van der Waals surface area contributed by atoms with E-state index in [9.17, 15) is 8.78 Å². The summed E-state index contributed by atoms with van der Waals surface area (Å²) in [5, 5.41) is 3.89. The number of hydrogen-bond acceptors (Lipinski definition) is 1. The molecule has 106 valence electrons. The number of halogens is 4. The molecule has 5 heteroatoms. The predicted octanol–water partition coefficient (Wildman–Crippen LogP) is 4.97. The molecule has 1 nitrogen and oxygen atoms in total. The van der Waals surface area contributed by atoms with Gasteiger partial charge in [-0.25, -0.2) is 8.78 Å². The zero-order chi connectivity index (χ0) is 14.7. The van der Waals surface area contributed by atoms with Crippen molar-refractivity contribution in [3.05, 3.63) is 69.2 Å². The van der Waals surface area contributed by atoms with E-state index in [0.29, 0.717) is 27.7 Å². The summed E-state index contributed by atoms with van der Waals surface area (Å²) in [4.78, 5) is 0. The van der Waals surface area contributed by atoms with Crippen LogP contribution in [-0.4, -0.2) is 6.54 Å². The van der Waals surface area contributed by atoms with Crippen molar-refractivity contribution in [2.24, 2.45) is 0 Å². The van der Waals surface area contributed by atoms with Crippen LogP contribution in [0.4, 0.5) is 8.78 Å². The van der Waals surface area contributed by atoms with Gasteiger partial charge in [0, 0.05) is 15.6 Å². The second kappa shape index (κ2) is 6.53. The molecule has 2 aromatic rings. The predicted molar refractivity (Wildman–Crippen MR) is 78.3 cm³/mol. The van der Waals surface area contributed by atoms with E-state index in [1.54, 1.807) is 0 Å². The van der Waals surface area contributed by atoms with Gasteiger partial charge < -0.3 is 5.32 Å². The third-order valence-electron chi connectivity index (χ3n) is 2.95. The molecule has 0 aliphatic heterocycles. The second-order valence-electron chi connectivity index (χ2n) is 4.32. The fraction of sp³-hybridized carbons (Fsp3) is 0.200. The Morgan fingerprint density at radius 3 is 2.50 bits per heavy atom. The van der Waals surface area contributed by atoms with Crippen LogP contribution in [0.2, 0.25) is 10.0 Å². The first kappa shape index (κ1) is 15.2. The summed E-state index contributed by atoms with van der Waals surface area (Å²) in [6, 6.07) is 7.75. The molecule has 0 bridgehead atoms. The lowest BCUT2D eigenvalue weighted by molar-refractivity contribution is 0.555. The summed E-state index contributed by atoms with van der Waals surface area (Å²) in [5.74, 6) is -0.838. The lowest BCUT2D eigenvalue weighted by atomic mass is 9.98. The lowest BCUT2D eigenvalue weighted by Gasteiger charge is -2.21. The highest BCUT2D eigenvalue weighted by Crippen LogP contribution is 2.31. The van der Waals surface area contributed by atoms with E-state index in [0.717, 1.165) is 0 Å². The Morgan fingerprint density at radius 2 is 1.80 bits per heavy atom. The van der Waals surface area contributed by atoms with Gasteiger partial charge in [-0.05, 0) is 48.5 Å². The molecule has 0 heterocycles. The van der Waals surface area contributed by atoms with Crippen LogP contribution < -0.4 is 5.32 Å². The maximum Gasteiger partial charge on any atom is 0.128 e. The molecule has 0 aliphatic carbocycles. The third kappa shape index (κ3) is 3.29. The van der Waals surface area contributed by atoms with Crippen molar-refractivity contribution in [1.82, 2.24) is 5.32 Å². The first-order chi connectivity index (χ1) is 9.52. The molecule has 2 aromatic carbocycles. The van der Waals surface area contributed by atoms with Gasteiger partial charge in [0.15, 0.2) is 0 Å². The van der Waals surface area contributed by atoms with Crippen molar-refractivity contribution in [2.75, 3.05) is 6.54 Å². The summed E-state index contributed by atoms with van der Waals surface area (Å²) in [7, 11) is 0. The standard InChI is InChI=1S/C15H13Cl2F2N/c1-2-20-15(11-8-10(18)4-5-13(11)17)12-7-9(16)3-6-14(12)19/h3-8,15,20H,2H2,1H3. The minimum absolute atomic E-state index is 0.340. The molecule has 1 unspecified atom stereocenters. The van der Waals surface area contributed by atoms with Gasteiger partial charge in [-0.2, -0.15) is 0 Å². The number of rotatable bonds is 4. The SMILES string of the molecule is CCNC(c1cc(Cl)ccc1F)c1cc(F)ccc1Cl. The number of hydrogen-bond donors (Lipinski definition) is 1. The van der Waals surface area contributed by atoms with Crippen molar-refractivity contribution < 1.29 is 8.78 Å². The van der Waals surface area contributed by atoms with Crippen LogP contribution in [-0.2, 0) is 0 Å². The molecule has 0 spiro atoms. The molecule has 0 aliphatic rings. The van der Waals surface area contributed by atoms with E-state index in [1.807, 2.05) is 6.92 Å². The zero-order valence-corrected chi connectivity index (χ0v) is 12.3. The summed E-state index contributed by atoms with van der Waals surface area (Å²) in [6.45, 7) is 2.45. The van der Waals surface area contributed by atoms with E-state index in [-0.39, 0.29) is 0 Å². The van der Waals surface area contributed by atoms with Gasteiger partial charge in [-0.15, -0.1) is 0 Å². The Bertz CT molecular complexity index is 565. The lowest BCUT2D eigenvalue weighted by Crippen LogP contribution is -2.23. The van der Waals surface area contributed by atoms with Crippen molar-refractivity contribution >= 4 is 23.2 Å². The Kier molecular flexibility index (Phi) is 4.97. The van der Waals surface area contributed by atoms with Crippen LogP contribution >= 0.6 is 23.2 Å². The number of nitrogens with one attached hydrogen (secondary N) is 1. The topological polar surface area (TPSA) is 12.0 Å². The number of benzene rings is 2. The molecule has 2 rings (SSSR count). The van der Waals surface area contributed by atoms with Gasteiger partial charge in [0.25, 0.3) is 0 Å². The highest BCUT2D eigenvalue weighted by molar-refractivity contribution is 6.31. The Hall–Kier alpha value is -1.16. The Balaban J connectivity index is 2.55. The first-order valence-electron chi connectivity index (χ1n) is 6.16. The molecular weight excluding hydrogens is 303 g/mol. The average Bonchev–Trinajstić information content (AvgIpc) is 2.42. The van der Waals surface area contributed by atoms with Crippen LogP contribution in [0.3, 0.4) is 0 Å². The smallest absolute Gasteiger partial charge is 0.128 e. The van der Waals surface area contributed by atoms with Crippen molar-refractivity contribution in [3.8, 4) is 0 Å². The normalized spacial score (nSPS) is 12.4. The van der Waals surface area contributed by atoms with Crippen LogP contribution in [0.1, 0.15) is 24.1 Å². The van der Waals surface area contributed by atoms with Crippen molar-refractivity contribution in [1.29, 1.82) is 0 Å².